The number of nitrogens with one attached hydrogen (secondary N) is 1. The third-order valence-corrected chi connectivity index (χ3v) is 3.45. The van der Waals surface area contributed by atoms with Crippen molar-refractivity contribution < 1.29 is 4.79 Å². The second-order valence-corrected chi connectivity index (χ2v) is 5.12. The number of nitrogens with zero attached hydrogens (tertiary/aromatic N) is 2. The average Bonchev–Trinajstić information content (AvgIpc) is 2.94. The van der Waals surface area contributed by atoms with Gasteiger partial charge in [0.1, 0.15) is 11.9 Å². The number of anilines is 1. The van der Waals surface area contributed by atoms with Gasteiger partial charge in [0.05, 0.1) is 0 Å². The smallest absolute Gasteiger partial charge is 0.248 e. The summed E-state index contributed by atoms with van der Waals surface area (Å²) in [5.41, 5.74) is 0. The van der Waals surface area contributed by atoms with Crippen LogP contribution in [0.5, 0.6) is 0 Å². The maximum absolute atomic E-state index is 12.3. The minimum absolute atomic E-state index is 0.0241. The average molecular weight is 275 g/mol. The van der Waals surface area contributed by atoms with Crippen LogP contribution in [-0.2, 0) is 4.79 Å². The van der Waals surface area contributed by atoms with Crippen LogP contribution in [0.15, 0.2) is 48.9 Å². The van der Waals surface area contributed by atoms with Crippen LogP contribution in [0.25, 0.3) is 0 Å². The highest BCUT2D eigenvalue weighted by Crippen LogP contribution is 2.17. The molecule has 0 saturated carbocycles. The lowest BCUT2D eigenvalue weighted by Crippen LogP contribution is -2.26. The molecule has 0 radical (unpaired) electrons. The summed E-state index contributed by atoms with van der Waals surface area (Å²) in [5.74, 6) is 1.51. The van der Waals surface area contributed by atoms with E-state index in [0.717, 1.165) is 12.2 Å². The fraction of sp³-hybridized carbons (Fsp3) is 0.286. The van der Waals surface area contributed by atoms with Gasteiger partial charge in [0.15, 0.2) is 0 Å². The van der Waals surface area contributed by atoms with Crippen LogP contribution in [0.1, 0.15) is 12.5 Å². The van der Waals surface area contributed by atoms with Crippen LogP contribution in [0.4, 0.5) is 5.82 Å². The Bertz CT molecular complexity index is 499. The summed E-state index contributed by atoms with van der Waals surface area (Å²) in [7, 11) is 0. The lowest BCUT2D eigenvalue weighted by atomic mass is 10.2. The van der Waals surface area contributed by atoms with E-state index in [4.69, 9.17) is 0 Å². The van der Waals surface area contributed by atoms with Crippen LogP contribution in [0.2, 0.25) is 0 Å². The molecule has 1 amide bonds. The molecule has 2 rings (SSSR count). The molecule has 19 heavy (non-hydrogen) atoms. The van der Waals surface area contributed by atoms with E-state index in [1.165, 1.54) is 0 Å². The van der Waals surface area contributed by atoms with Gasteiger partial charge in [-0.3, -0.25) is 4.79 Å². The summed E-state index contributed by atoms with van der Waals surface area (Å²) in [4.78, 5) is 16.5. The van der Waals surface area contributed by atoms with Crippen molar-refractivity contribution in [1.29, 1.82) is 0 Å². The van der Waals surface area contributed by atoms with E-state index in [9.17, 15) is 4.79 Å². The summed E-state index contributed by atoms with van der Waals surface area (Å²) >= 11 is 1.74. The first-order chi connectivity index (χ1) is 9.31. The minimum Gasteiger partial charge on any atom is -0.342 e. The number of amides is 1. The number of carbonyl (C=O) groups excluding carboxylic acids is 1. The molecule has 1 atom stereocenters. The molecular weight excluding hydrogens is 258 g/mol. The highest BCUT2D eigenvalue weighted by atomic mass is 32.2. The summed E-state index contributed by atoms with van der Waals surface area (Å²) in [5, 5.41) is 2.86. The summed E-state index contributed by atoms with van der Waals surface area (Å²) < 4.78 is 1.94. The first kappa shape index (κ1) is 13.7. The van der Waals surface area contributed by atoms with E-state index in [0.29, 0.717) is 5.82 Å². The van der Waals surface area contributed by atoms with Gasteiger partial charge in [0.25, 0.3) is 0 Å². The van der Waals surface area contributed by atoms with Gasteiger partial charge in [-0.15, -0.1) is 0 Å². The fourth-order valence-corrected chi connectivity index (χ4v) is 2.31. The quantitative estimate of drug-likeness (QED) is 0.882. The Morgan fingerprint density at radius 1 is 1.37 bits per heavy atom. The summed E-state index contributed by atoms with van der Waals surface area (Å²) in [6, 6.07) is 9.14. The van der Waals surface area contributed by atoms with Crippen molar-refractivity contribution in [2.45, 2.75) is 12.5 Å². The number of hydrogen-bond acceptors (Lipinski definition) is 3. The molecule has 0 bridgehead atoms. The molecule has 0 spiro atoms. The van der Waals surface area contributed by atoms with Gasteiger partial charge >= 0.3 is 0 Å². The number of pyridine rings is 1. The second kappa shape index (κ2) is 6.99. The molecular formula is C14H17N3OS. The lowest BCUT2D eigenvalue weighted by Gasteiger charge is -2.17. The molecule has 0 saturated heterocycles. The van der Waals surface area contributed by atoms with Gasteiger partial charge in [0, 0.05) is 18.6 Å². The maximum atomic E-state index is 12.3. The molecule has 0 aliphatic rings. The van der Waals surface area contributed by atoms with Crippen LogP contribution in [0, 0.1) is 0 Å². The van der Waals surface area contributed by atoms with Crippen molar-refractivity contribution in [1.82, 2.24) is 9.55 Å². The molecule has 0 unspecified atom stereocenters. The van der Waals surface area contributed by atoms with Gasteiger partial charge in [-0.25, -0.2) is 4.98 Å². The fourth-order valence-electron chi connectivity index (χ4n) is 1.85. The number of aromatic nitrogens is 2. The van der Waals surface area contributed by atoms with E-state index < -0.39 is 0 Å². The van der Waals surface area contributed by atoms with Crippen molar-refractivity contribution in [2.24, 2.45) is 0 Å². The van der Waals surface area contributed by atoms with Gasteiger partial charge in [-0.05, 0) is 42.7 Å². The summed E-state index contributed by atoms with van der Waals surface area (Å²) in [6.45, 7) is 0. The zero-order valence-electron chi connectivity index (χ0n) is 10.8. The highest BCUT2D eigenvalue weighted by Gasteiger charge is 2.19. The number of thioether (sulfide) groups is 1. The standard InChI is InChI=1S/C14H17N3OS/c1-19-11-7-12(17-9-4-5-10-17)14(18)16-13-6-2-3-8-15-13/h2-6,8-10,12H,7,11H2,1H3,(H,15,16,18)/t12-/m1/s1. The van der Waals surface area contributed by atoms with Crippen molar-refractivity contribution >= 4 is 23.5 Å². The molecule has 0 fully saturated rings. The molecule has 2 heterocycles. The van der Waals surface area contributed by atoms with Crippen molar-refractivity contribution in [3.8, 4) is 0 Å². The van der Waals surface area contributed by atoms with Crippen LogP contribution in [0.3, 0.4) is 0 Å². The zero-order chi connectivity index (χ0) is 13.5. The number of rotatable bonds is 6. The molecule has 0 aromatic carbocycles. The maximum Gasteiger partial charge on any atom is 0.248 e. The van der Waals surface area contributed by atoms with E-state index in [1.807, 2.05) is 47.5 Å². The molecule has 100 valence electrons. The monoisotopic (exact) mass is 275 g/mol. The molecule has 5 heteroatoms. The SMILES string of the molecule is CSCC[C@H](C(=O)Nc1ccccn1)n1cccc1. The first-order valence-corrected chi connectivity index (χ1v) is 7.54. The molecule has 2 aromatic heterocycles. The van der Waals surface area contributed by atoms with Gasteiger partial charge in [-0.2, -0.15) is 11.8 Å². The number of hydrogen-bond donors (Lipinski definition) is 1. The van der Waals surface area contributed by atoms with Gasteiger partial charge < -0.3 is 9.88 Å². The Balaban J connectivity index is 2.07. The number of carbonyl (C=O) groups is 1. The molecule has 4 nitrogen and oxygen atoms in total. The van der Waals surface area contributed by atoms with Crippen LogP contribution in [-0.4, -0.2) is 27.5 Å². The molecule has 0 aliphatic carbocycles. The van der Waals surface area contributed by atoms with E-state index in [-0.39, 0.29) is 11.9 Å². The van der Waals surface area contributed by atoms with Gasteiger partial charge in [-0.1, -0.05) is 6.07 Å². The van der Waals surface area contributed by atoms with E-state index >= 15 is 0 Å². The molecule has 0 aliphatic heterocycles. The third kappa shape index (κ3) is 3.86. The minimum atomic E-state index is -0.190. The van der Waals surface area contributed by atoms with E-state index in [2.05, 4.69) is 10.3 Å². The predicted molar refractivity (Wildman–Crippen MR) is 79.3 cm³/mol. The van der Waals surface area contributed by atoms with Crippen LogP contribution < -0.4 is 5.32 Å². The van der Waals surface area contributed by atoms with Crippen molar-refractivity contribution in [2.75, 3.05) is 17.3 Å². The Hall–Kier alpha value is -1.75. The van der Waals surface area contributed by atoms with E-state index in [1.54, 1.807) is 24.0 Å². The van der Waals surface area contributed by atoms with Gasteiger partial charge in [0.2, 0.25) is 5.91 Å². The Labute approximate surface area is 117 Å². The van der Waals surface area contributed by atoms with Crippen LogP contribution >= 0.6 is 11.8 Å². The van der Waals surface area contributed by atoms with Crippen molar-refractivity contribution in [3.05, 3.63) is 48.9 Å². The Morgan fingerprint density at radius 3 is 2.79 bits per heavy atom. The normalized spacial score (nSPS) is 12.1. The molecule has 2 aromatic rings. The summed E-state index contributed by atoms with van der Waals surface area (Å²) in [6.07, 6.45) is 8.35. The second-order valence-electron chi connectivity index (χ2n) is 4.13. The van der Waals surface area contributed by atoms with Crippen molar-refractivity contribution in [3.63, 3.8) is 0 Å². The highest BCUT2D eigenvalue weighted by molar-refractivity contribution is 7.98. The Kier molecular flexibility index (Phi) is 5.03. The first-order valence-electron chi connectivity index (χ1n) is 6.14. The molecule has 1 N–H and O–H groups in total. The third-order valence-electron chi connectivity index (χ3n) is 2.80. The topological polar surface area (TPSA) is 46.9 Å². The predicted octanol–water partition coefficient (Wildman–Crippen LogP) is 2.82. The zero-order valence-corrected chi connectivity index (χ0v) is 11.6. The largest absolute Gasteiger partial charge is 0.342 e. The lowest BCUT2D eigenvalue weighted by molar-refractivity contribution is -0.119. The Morgan fingerprint density at radius 2 is 2.16 bits per heavy atom.